The number of rotatable bonds is 5. The molecule has 0 aliphatic carbocycles. The predicted octanol–water partition coefficient (Wildman–Crippen LogP) is 4.69. The van der Waals surface area contributed by atoms with Crippen molar-refractivity contribution >= 4 is 11.6 Å². The summed E-state index contributed by atoms with van der Waals surface area (Å²) in [4.78, 5) is 0. The highest BCUT2D eigenvalue weighted by Crippen LogP contribution is 2.33. The molecular formula is C16H17ClFNO. The zero-order chi connectivity index (χ0) is 14.5. The Morgan fingerprint density at radius 1 is 1.25 bits per heavy atom. The van der Waals surface area contributed by atoms with Gasteiger partial charge in [-0.05, 0) is 37.2 Å². The van der Waals surface area contributed by atoms with Gasteiger partial charge in [0.2, 0.25) is 0 Å². The summed E-state index contributed by atoms with van der Waals surface area (Å²) < 4.78 is 19.7. The Balaban J connectivity index is 2.34. The van der Waals surface area contributed by atoms with E-state index in [1.165, 1.54) is 6.07 Å². The molecule has 0 saturated carbocycles. The largest absolute Gasteiger partial charge is 0.452 e. The molecule has 1 N–H and O–H groups in total. The van der Waals surface area contributed by atoms with Gasteiger partial charge in [-0.3, -0.25) is 0 Å². The second-order valence-corrected chi connectivity index (χ2v) is 4.95. The van der Waals surface area contributed by atoms with Crippen molar-refractivity contribution in [2.45, 2.75) is 20.4 Å². The average molecular weight is 294 g/mol. The molecule has 0 aromatic heterocycles. The van der Waals surface area contributed by atoms with E-state index >= 15 is 0 Å². The summed E-state index contributed by atoms with van der Waals surface area (Å²) in [5.41, 5.74) is 1.78. The number of halogens is 2. The number of nitrogens with one attached hydrogen (secondary N) is 1. The van der Waals surface area contributed by atoms with E-state index in [9.17, 15) is 4.39 Å². The highest BCUT2D eigenvalue weighted by Gasteiger charge is 2.12. The minimum Gasteiger partial charge on any atom is -0.452 e. The molecule has 0 atom stereocenters. The summed E-state index contributed by atoms with van der Waals surface area (Å²) in [5.74, 6) is 0.299. The Kier molecular flexibility index (Phi) is 4.99. The van der Waals surface area contributed by atoms with Gasteiger partial charge in [0.05, 0.1) is 5.02 Å². The molecule has 0 radical (unpaired) electrons. The normalized spacial score (nSPS) is 10.6. The maximum Gasteiger partial charge on any atom is 0.167 e. The third-order valence-corrected chi connectivity index (χ3v) is 3.22. The number of hydrogen-bond donors (Lipinski definition) is 1. The van der Waals surface area contributed by atoms with E-state index in [-0.39, 0.29) is 5.75 Å². The Bertz CT molecular complexity index is 601. The summed E-state index contributed by atoms with van der Waals surface area (Å²) in [5, 5.41) is 3.63. The molecule has 2 aromatic carbocycles. The second kappa shape index (κ2) is 6.73. The first kappa shape index (κ1) is 14.8. The third-order valence-electron chi connectivity index (χ3n) is 2.91. The number of para-hydroxylation sites is 1. The van der Waals surface area contributed by atoms with Crippen molar-refractivity contribution in [3.63, 3.8) is 0 Å². The molecular weight excluding hydrogens is 277 g/mol. The van der Waals surface area contributed by atoms with Crippen molar-refractivity contribution in [1.29, 1.82) is 0 Å². The van der Waals surface area contributed by atoms with Gasteiger partial charge in [-0.1, -0.05) is 36.7 Å². The van der Waals surface area contributed by atoms with Gasteiger partial charge in [0.25, 0.3) is 0 Å². The highest BCUT2D eigenvalue weighted by atomic mass is 35.5. The Morgan fingerprint density at radius 3 is 2.80 bits per heavy atom. The van der Waals surface area contributed by atoms with Gasteiger partial charge in [0.1, 0.15) is 5.75 Å². The number of aryl methyl sites for hydroxylation is 1. The van der Waals surface area contributed by atoms with Gasteiger partial charge in [-0.15, -0.1) is 0 Å². The summed E-state index contributed by atoms with van der Waals surface area (Å²) in [6, 6.07) is 10.3. The zero-order valence-corrected chi connectivity index (χ0v) is 12.3. The molecule has 0 unspecified atom stereocenters. The maximum atomic E-state index is 14.0. The Labute approximate surface area is 123 Å². The standard InChI is InChI=1S/C16H17ClFNO/c1-3-19-10-12-5-4-6-14(18)16(12)20-15-9-11(2)7-8-13(15)17/h4-9,19H,3,10H2,1-2H3. The van der Waals surface area contributed by atoms with Crippen LogP contribution in [0.2, 0.25) is 5.02 Å². The number of ether oxygens (including phenoxy) is 1. The van der Waals surface area contributed by atoms with Crippen LogP contribution in [0.15, 0.2) is 36.4 Å². The molecule has 2 nitrogen and oxygen atoms in total. The number of benzene rings is 2. The van der Waals surface area contributed by atoms with Crippen LogP contribution in [0.4, 0.5) is 4.39 Å². The molecule has 0 saturated heterocycles. The van der Waals surface area contributed by atoms with Crippen molar-refractivity contribution in [2.24, 2.45) is 0 Å². The quantitative estimate of drug-likeness (QED) is 0.863. The van der Waals surface area contributed by atoms with Crippen LogP contribution in [0.3, 0.4) is 0 Å². The predicted molar refractivity (Wildman–Crippen MR) is 80.0 cm³/mol. The fraction of sp³-hybridized carbons (Fsp3) is 0.250. The van der Waals surface area contributed by atoms with Gasteiger partial charge in [0.15, 0.2) is 11.6 Å². The molecule has 0 amide bonds. The van der Waals surface area contributed by atoms with Gasteiger partial charge in [-0.2, -0.15) is 0 Å². The first-order valence-electron chi connectivity index (χ1n) is 6.54. The van der Waals surface area contributed by atoms with Crippen molar-refractivity contribution in [1.82, 2.24) is 5.32 Å². The minimum atomic E-state index is -0.391. The molecule has 2 rings (SSSR count). The maximum absolute atomic E-state index is 14.0. The van der Waals surface area contributed by atoms with Crippen molar-refractivity contribution in [3.8, 4) is 11.5 Å². The van der Waals surface area contributed by atoms with Crippen molar-refractivity contribution < 1.29 is 9.13 Å². The van der Waals surface area contributed by atoms with Gasteiger partial charge in [0, 0.05) is 12.1 Å². The van der Waals surface area contributed by atoms with Crippen molar-refractivity contribution in [3.05, 3.63) is 58.4 Å². The van der Waals surface area contributed by atoms with Crippen LogP contribution < -0.4 is 10.1 Å². The molecule has 0 bridgehead atoms. The van der Waals surface area contributed by atoms with Crippen LogP contribution in [0.25, 0.3) is 0 Å². The van der Waals surface area contributed by atoms with E-state index in [0.29, 0.717) is 17.3 Å². The fourth-order valence-electron chi connectivity index (χ4n) is 1.87. The van der Waals surface area contributed by atoms with Gasteiger partial charge < -0.3 is 10.1 Å². The topological polar surface area (TPSA) is 21.3 Å². The summed E-state index contributed by atoms with van der Waals surface area (Å²) in [7, 11) is 0. The van der Waals surface area contributed by atoms with Crippen LogP contribution in [0.5, 0.6) is 11.5 Å². The number of hydrogen-bond acceptors (Lipinski definition) is 2. The summed E-state index contributed by atoms with van der Waals surface area (Å²) in [6.07, 6.45) is 0. The Hall–Kier alpha value is -1.58. The SMILES string of the molecule is CCNCc1cccc(F)c1Oc1cc(C)ccc1Cl. The molecule has 106 valence electrons. The minimum absolute atomic E-state index is 0.223. The lowest BCUT2D eigenvalue weighted by atomic mass is 10.2. The van der Waals surface area contributed by atoms with Gasteiger partial charge in [-0.25, -0.2) is 4.39 Å². The highest BCUT2D eigenvalue weighted by molar-refractivity contribution is 6.32. The smallest absolute Gasteiger partial charge is 0.167 e. The molecule has 20 heavy (non-hydrogen) atoms. The van der Waals surface area contributed by atoms with E-state index in [4.69, 9.17) is 16.3 Å². The molecule has 0 spiro atoms. The van der Waals surface area contributed by atoms with Crippen LogP contribution in [-0.2, 0) is 6.54 Å². The average Bonchev–Trinajstić information content (AvgIpc) is 2.43. The van der Waals surface area contributed by atoms with Crippen LogP contribution >= 0.6 is 11.6 Å². The summed E-state index contributed by atoms with van der Waals surface area (Å²) in [6.45, 7) is 5.29. The van der Waals surface area contributed by atoms with E-state index in [1.807, 2.05) is 26.0 Å². The van der Waals surface area contributed by atoms with E-state index in [1.54, 1.807) is 18.2 Å². The van der Waals surface area contributed by atoms with E-state index in [2.05, 4.69) is 5.32 Å². The fourth-order valence-corrected chi connectivity index (χ4v) is 2.02. The van der Waals surface area contributed by atoms with Crippen molar-refractivity contribution in [2.75, 3.05) is 6.54 Å². The Morgan fingerprint density at radius 2 is 2.05 bits per heavy atom. The lowest BCUT2D eigenvalue weighted by Crippen LogP contribution is -2.12. The monoisotopic (exact) mass is 293 g/mol. The lowest BCUT2D eigenvalue weighted by Gasteiger charge is -2.13. The van der Waals surface area contributed by atoms with Crippen LogP contribution in [-0.4, -0.2) is 6.54 Å². The molecule has 0 heterocycles. The van der Waals surface area contributed by atoms with E-state index in [0.717, 1.165) is 17.7 Å². The second-order valence-electron chi connectivity index (χ2n) is 4.54. The first-order valence-corrected chi connectivity index (χ1v) is 6.91. The van der Waals surface area contributed by atoms with E-state index < -0.39 is 5.82 Å². The third kappa shape index (κ3) is 3.50. The summed E-state index contributed by atoms with van der Waals surface area (Å²) >= 11 is 6.09. The molecule has 2 aromatic rings. The molecule has 0 aliphatic heterocycles. The lowest BCUT2D eigenvalue weighted by molar-refractivity contribution is 0.434. The van der Waals surface area contributed by atoms with Gasteiger partial charge >= 0.3 is 0 Å². The zero-order valence-electron chi connectivity index (χ0n) is 11.5. The first-order chi connectivity index (χ1) is 9.61. The molecule has 4 heteroatoms. The molecule has 0 fully saturated rings. The van der Waals surface area contributed by atoms with Crippen LogP contribution in [0, 0.1) is 12.7 Å². The molecule has 0 aliphatic rings. The van der Waals surface area contributed by atoms with Crippen LogP contribution in [0.1, 0.15) is 18.1 Å².